The minimum atomic E-state index is -0.821. The fraction of sp³-hybridized carbons (Fsp3) is 0.619. The molecule has 1 aliphatic rings. The van der Waals surface area contributed by atoms with Crippen LogP contribution in [0.15, 0.2) is 30.3 Å². The summed E-state index contributed by atoms with van der Waals surface area (Å²) < 4.78 is 11.2. The SMILES string of the molecule is CC(C)C(OCc1ccccc1)OC(=O)NCC1(CC(=O)O)CCCCC1. The van der Waals surface area contributed by atoms with Crippen molar-refractivity contribution in [2.45, 2.75) is 65.3 Å². The molecule has 0 aromatic heterocycles. The van der Waals surface area contributed by atoms with E-state index in [0.29, 0.717) is 13.2 Å². The zero-order valence-corrected chi connectivity index (χ0v) is 16.3. The Morgan fingerprint density at radius 3 is 2.41 bits per heavy atom. The molecule has 1 saturated carbocycles. The number of amides is 1. The van der Waals surface area contributed by atoms with Crippen molar-refractivity contribution >= 4 is 12.1 Å². The number of carboxylic acid groups (broad SMARTS) is 1. The molecule has 150 valence electrons. The van der Waals surface area contributed by atoms with Gasteiger partial charge in [0.2, 0.25) is 6.29 Å². The number of nitrogens with one attached hydrogen (secondary N) is 1. The van der Waals surface area contributed by atoms with Gasteiger partial charge in [-0.25, -0.2) is 4.79 Å². The summed E-state index contributed by atoms with van der Waals surface area (Å²) in [5.41, 5.74) is 0.635. The van der Waals surface area contributed by atoms with Crippen LogP contribution in [0, 0.1) is 11.3 Å². The number of alkyl carbamates (subject to hydrolysis) is 1. The van der Waals surface area contributed by atoms with Gasteiger partial charge in [-0.05, 0) is 23.8 Å². The number of hydrogen-bond acceptors (Lipinski definition) is 4. The first-order valence-corrected chi connectivity index (χ1v) is 9.72. The molecule has 0 radical (unpaired) electrons. The summed E-state index contributed by atoms with van der Waals surface area (Å²) >= 11 is 0. The van der Waals surface area contributed by atoms with E-state index in [0.717, 1.165) is 37.7 Å². The molecule has 1 fully saturated rings. The maximum absolute atomic E-state index is 12.3. The minimum Gasteiger partial charge on any atom is -0.481 e. The summed E-state index contributed by atoms with van der Waals surface area (Å²) in [6.07, 6.45) is 3.61. The highest BCUT2D eigenvalue weighted by molar-refractivity contribution is 5.69. The Kier molecular flexibility index (Phi) is 8.10. The van der Waals surface area contributed by atoms with E-state index in [2.05, 4.69) is 5.32 Å². The van der Waals surface area contributed by atoms with Gasteiger partial charge in [0.15, 0.2) is 0 Å². The molecule has 1 amide bonds. The lowest BCUT2D eigenvalue weighted by Crippen LogP contribution is -2.42. The lowest BCUT2D eigenvalue weighted by Gasteiger charge is -2.36. The standard InChI is InChI=1S/C21H31NO5/c1-16(2)19(26-14-17-9-5-3-6-10-17)27-20(25)22-15-21(13-18(23)24)11-7-4-8-12-21/h3,5-6,9-10,16,19H,4,7-8,11-15H2,1-2H3,(H,22,25)(H,23,24). The number of aliphatic carboxylic acids is 1. The fourth-order valence-corrected chi connectivity index (χ4v) is 3.56. The van der Waals surface area contributed by atoms with Crippen LogP contribution in [0.4, 0.5) is 4.79 Å². The summed E-state index contributed by atoms with van der Waals surface area (Å²) in [5, 5.41) is 12.0. The molecule has 27 heavy (non-hydrogen) atoms. The van der Waals surface area contributed by atoms with Crippen LogP contribution in [0.1, 0.15) is 57.9 Å². The van der Waals surface area contributed by atoms with Gasteiger partial charge < -0.3 is 19.9 Å². The molecule has 1 aromatic rings. The van der Waals surface area contributed by atoms with Crippen molar-refractivity contribution in [1.82, 2.24) is 5.32 Å². The number of carbonyl (C=O) groups is 2. The van der Waals surface area contributed by atoms with E-state index in [4.69, 9.17) is 9.47 Å². The van der Waals surface area contributed by atoms with Gasteiger partial charge in [-0.1, -0.05) is 63.4 Å². The molecule has 1 unspecified atom stereocenters. The third kappa shape index (κ3) is 7.21. The van der Waals surface area contributed by atoms with Crippen molar-refractivity contribution in [2.24, 2.45) is 11.3 Å². The second-order valence-corrected chi connectivity index (χ2v) is 7.80. The molecule has 0 spiro atoms. The number of carbonyl (C=O) groups excluding carboxylic acids is 1. The van der Waals surface area contributed by atoms with Gasteiger partial charge in [-0.3, -0.25) is 4.79 Å². The molecule has 0 aliphatic heterocycles. The van der Waals surface area contributed by atoms with Gasteiger partial charge >= 0.3 is 12.1 Å². The number of ether oxygens (including phenoxy) is 2. The molecular weight excluding hydrogens is 346 g/mol. The van der Waals surface area contributed by atoms with E-state index in [9.17, 15) is 14.7 Å². The minimum absolute atomic E-state index is 0.00197. The lowest BCUT2D eigenvalue weighted by atomic mass is 9.72. The molecule has 6 nitrogen and oxygen atoms in total. The predicted molar refractivity (Wildman–Crippen MR) is 102 cm³/mol. The highest BCUT2D eigenvalue weighted by Gasteiger charge is 2.35. The summed E-state index contributed by atoms with van der Waals surface area (Å²) in [6.45, 7) is 4.54. The zero-order valence-electron chi connectivity index (χ0n) is 16.3. The smallest absolute Gasteiger partial charge is 0.409 e. The predicted octanol–water partition coefficient (Wildman–Crippen LogP) is 4.34. The van der Waals surface area contributed by atoms with Crippen LogP contribution < -0.4 is 5.32 Å². The van der Waals surface area contributed by atoms with Crippen LogP contribution in [-0.4, -0.2) is 30.0 Å². The second kappa shape index (κ2) is 10.3. The van der Waals surface area contributed by atoms with Gasteiger partial charge in [-0.15, -0.1) is 0 Å². The largest absolute Gasteiger partial charge is 0.481 e. The van der Waals surface area contributed by atoms with E-state index < -0.39 is 18.4 Å². The molecule has 0 heterocycles. The van der Waals surface area contributed by atoms with Crippen molar-refractivity contribution in [3.8, 4) is 0 Å². The maximum atomic E-state index is 12.3. The third-order valence-electron chi connectivity index (χ3n) is 5.07. The Hall–Kier alpha value is -2.08. The van der Waals surface area contributed by atoms with E-state index in [1.165, 1.54) is 0 Å². The van der Waals surface area contributed by atoms with Gasteiger partial charge in [-0.2, -0.15) is 0 Å². The normalized spacial score (nSPS) is 17.3. The first-order valence-electron chi connectivity index (χ1n) is 9.72. The van der Waals surface area contributed by atoms with Crippen molar-refractivity contribution in [3.63, 3.8) is 0 Å². The van der Waals surface area contributed by atoms with Crippen LogP contribution in [0.3, 0.4) is 0 Å². The second-order valence-electron chi connectivity index (χ2n) is 7.80. The van der Waals surface area contributed by atoms with Crippen LogP contribution in [0.5, 0.6) is 0 Å². The molecule has 0 bridgehead atoms. The van der Waals surface area contributed by atoms with Gasteiger partial charge in [0.1, 0.15) is 0 Å². The van der Waals surface area contributed by atoms with E-state index in [1.54, 1.807) is 0 Å². The van der Waals surface area contributed by atoms with Crippen LogP contribution in [0.2, 0.25) is 0 Å². The Morgan fingerprint density at radius 1 is 1.15 bits per heavy atom. The van der Waals surface area contributed by atoms with Gasteiger partial charge in [0, 0.05) is 12.5 Å². The van der Waals surface area contributed by atoms with E-state index in [1.807, 2.05) is 44.2 Å². The highest BCUT2D eigenvalue weighted by atomic mass is 16.7. The van der Waals surface area contributed by atoms with Crippen molar-refractivity contribution in [3.05, 3.63) is 35.9 Å². The van der Waals surface area contributed by atoms with Crippen molar-refractivity contribution in [2.75, 3.05) is 6.54 Å². The third-order valence-corrected chi connectivity index (χ3v) is 5.07. The Labute approximate surface area is 161 Å². The molecule has 1 atom stereocenters. The molecule has 1 aromatic carbocycles. The molecule has 6 heteroatoms. The van der Waals surface area contributed by atoms with Crippen LogP contribution in [-0.2, 0) is 20.9 Å². The maximum Gasteiger partial charge on any atom is 0.409 e. The zero-order chi connectivity index (χ0) is 19.7. The summed E-state index contributed by atoms with van der Waals surface area (Å²) in [7, 11) is 0. The number of hydrogen-bond donors (Lipinski definition) is 2. The summed E-state index contributed by atoms with van der Waals surface area (Å²) in [6, 6.07) is 9.71. The van der Waals surface area contributed by atoms with Crippen molar-refractivity contribution < 1.29 is 24.2 Å². The first kappa shape index (κ1) is 21.2. The number of rotatable bonds is 9. The Morgan fingerprint density at radius 2 is 1.81 bits per heavy atom. The highest BCUT2D eigenvalue weighted by Crippen LogP contribution is 2.38. The lowest BCUT2D eigenvalue weighted by molar-refractivity contribution is -0.141. The first-order chi connectivity index (χ1) is 12.9. The van der Waals surface area contributed by atoms with Gasteiger partial charge in [0.25, 0.3) is 0 Å². The summed E-state index contributed by atoms with van der Waals surface area (Å²) in [4.78, 5) is 23.5. The molecular formula is C21H31NO5. The quantitative estimate of drug-likeness (QED) is 0.626. The topological polar surface area (TPSA) is 84.9 Å². The van der Waals surface area contributed by atoms with Crippen LogP contribution >= 0.6 is 0 Å². The van der Waals surface area contributed by atoms with E-state index >= 15 is 0 Å². The average Bonchev–Trinajstić information content (AvgIpc) is 2.64. The molecule has 2 N–H and O–H groups in total. The molecule has 1 aliphatic carbocycles. The Bertz CT molecular complexity index is 596. The fourth-order valence-electron chi connectivity index (χ4n) is 3.56. The number of carboxylic acids is 1. The van der Waals surface area contributed by atoms with Gasteiger partial charge in [0.05, 0.1) is 13.0 Å². The summed E-state index contributed by atoms with van der Waals surface area (Å²) in [5.74, 6) is -0.819. The molecule has 0 saturated heterocycles. The van der Waals surface area contributed by atoms with Crippen molar-refractivity contribution in [1.29, 1.82) is 0 Å². The van der Waals surface area contributed by atoms with Crippen LogP contribution in [0.25, 0.3) is 0 Å². The number of benzene rings is 1. The average molecular weight is 377 g/mol. The molecule has 2 rings (SSSR count). The Balaban J connectivity index is 1.86. The monoisotopic (exact) mass is 377 g/mol. The van der Waals surface area contributed by atoms with E-state index in [-0.39, 0.29) is 17.8 Å².